The molecule has 0 radical (unpaired) electrons. The number of rotatable bonds is 9. The van der Waals surface area contributed by atoms with Gasteiger partial charge >= 0.3 is 11.6 Å². The monoisotopic (exact) mass is 448 g/mol. The minimum Gasteiger partial charge on any atom is -0.493 e. The van der Waals surface area contributed by atoms with Crippen LogP contribution in [0.4, 0.5) is 0 Å². The highest BCUT2D eigenvalue weighted by Crippen LogP contribution is 2.30. The summed E-state index contributed by atoms with van der Waals surface area (Å²) in [5.74, 6) is 1.08. The molecule has 4 rings (SSSR count). The molecule has 6 heteroatoms. The van der Waals surface area contributed by atoms with Gasteiger partial charge in [0.15, 0.2) is 11.5 Å². The van der Waals surface area contributed by atoms with Crippen molar-refractivity contribution in [1.82, 2.24) is 0 Å². The first-order chi connectivity index (χ1) is 16.1. The minimum absolute atomic E-state index is 0.301. The normalized spacial score (nSPS) is 12.8. The largest absolute Gasteiger partial charge is 0.493 e. The van der Waals surface area contributed by atoms with Gasteiger partial charge in [-0.3, -0.25) is 0 Å². The highest BCUT2D eigenvalue weighted by atomic mass is 16.5. The van der Waals surface area contributed by atoms with Crippen molar-refractivity contribution in [3.05, 3.63) is 69.6 Å². The Kier molecular flexibility index (Phi) is 7.13. The fourth-order valence-electron chi connectivity index (χ4n) is 4.08. The van der Waals surface area contributed by atoms with Crippen LogP contribution in [0.1, 0.15) is 49.3 Å². The second-order valence-corrected chi connectivity index (χ2v) is 8.08. The molecule has 0 bridgehead atoms. The third-order valence-corrected chi connectivity index (χ3v) is 5.77. The predicted molar refractivity (Wildman–Crippen MR) is 127 cm³/mol. The molecule has 0 amide bonds. The van der Waals surface area contributed by atoms with Gasteiger partial charge in [-0.15, -0.1) is 0 Å². The zero-order valence-corrected chi connectivity index (χ0v) is 19.0. The molecule has 1 aromatic heterocycles. The Morgan fingerprint density at radius 1 is 1.06 bits per heavy atom. The van der Waals surface area contributed by atoms with Crippen LogP contribution in [0.25, 0.3) is 17.0 Å². The maximum absolute atomic E-state index is 12.3. The predicted octanol–water partition coefficient (Wildman–Crippen LogP) is 5.48. The summed E-state index contributed by atoms with van der Waals surface area (Å²) in [4.78, 5) is 24.5. The Morgan fingerprint density at radius 3 is 2.73 bits per heavy atom. The molecule has 33 heavy (non-hydrogen) atoms. The van der Waals surface area contributed by atoms with E-state index in [1.54, 1.807) is 25.3 Å². The van der Waals surface area contributed by atoms with E-state index in [0.717, 1.165) is 60.6 Å². The maximum Gasteiger partial charge on any atom is 0.339 e. The lowest BCUT2D eigenvalue weighted by Crippen LogP contribution is -2.07. The Bertz CT molecular complexity index is 1240. The van der Waals surface area contributed by atoms with E-state index in [9.17, 15) is 9.59 Å². The molecule has 0 atom stereocenters. The van der Waals surface area contributed by atoms with Gasteiger partial charge in [-0.25, -0.2) is 9.59 Å². The topological polar surface area (TPSA) is 75.0 Å². The van der Waals surface area contributed by atoms with Crippen molar-refractivity contribution >= 4 is 23.0 Å². The van der Waals surface area contributed by atoms with Gasteiger partial charge in [0.25, 0.3) is 0 Å². The molecule has 6 nitrogen and oxygen atoms in total. The van der Waals surface area contributed by atoms with Crippen LogP contribution in [0, 0.1) is 0 Å². The van der Waals surface area contributed by atoms with Crippen LogP contribution in [-0.2, 0) is 17.6 Å². The molecular formula is C27H28O6. The number of aryl methyl sites for hydroxylation is 1. The van der Waals surface area contributed by atoms with Gasteiger partial charge in [0, 0.05) is 23.1 Å². The number of fused-ring (bicyclic) bond motifs is 3. The molecule has 2 aromatic carbocycles. The summed E-state index contributed by atoms with van der Waals surface area (Å²) >= 11 is 0. The molecule has 1 heterocycles. The third-order valence-electron chi connectivity index (χ3n) is 5.77. The van der Waals surface area contributed by atoms with Gasteiger partial charge in [-0.05, 0) is 67.2 Å². The minimum atomic E-state index is -0.531. The zero-order valence-electron chi connectivity index (χ0n) is 19.0. The smallest absolute Gasteiger partial charge is 0.339 e. The van der Waals surface area contributed by atoms with Gasteiger partial charge in [0.05, 0.1) is 13.7 Å². The van der Waals surface area contributed by atoms with Crippen molar-refractivity contribution < 1.29 is 23.4 Å². The van der Waals surface area contributed by atoms with E-state index in [1.165, 1.54) is 6.08 Å². The van der Waals surface area contributed by atoms with Crippen molar-refractivity contribution in [2.24, 2.45) is 0 Å². The number of esters is 1. The average Bonchev–Trinajstić information content (AvgIpc) is 3.32. The molecule has 0 unspecified atom stereocenters. The first-order valence-electron chi connectivity index (χ1n) is 11.4. The number of hydrogen-bond acceptors (Lipinski definition) is 6. The van der Waals surface area contributed by atoms with Crippen molar-refractivity contribution in [2.75, 3.05) is 13.7 Å². The van der Waals surface area contributed by atoms with Gasteiger partial charge in [-0.2, -0.15) is 0 Å². The van der Waals surface area contributed by atoms with Gasteiger partial charge in [-0.1, -0.05) is 25.8 Å². The molecule has 0 aliphatic heterocycles. The number of hydrogen-bond donors (Lipinski definition) is 0. The van der Waals surface area contributed by atoms with Gasteiger partial charge in [0.2, 0.25) is 0 Å². The molecule has 0 fully saturated rings. The number of methoxy groups -OCH3 is 1. The zero-order chi connectivity index (χ0) is 23.2. The summed E-state index contributed by atoms with van der Waals surface area (Å²) in [6, 6.07) is 10.7. The lowest BCUT2D eigenvalue weighted by Gasteiger charge is -2.11. The number of carbonyl (C=O) groups is 1. The second kappa shape index (κ2) is 10.4. The van der Waals surface area contributed by atoms with E-state index in [1.807, 2.05) is 24.3 Å². The van der Waals surface area contributed by atoms with E-state index in [-0.39, 0.29) is 5.63 Å². The van der Waals surface area contributed by atoms with Crippen molar-refractivity contribution in [2.45, 2.75) is 45.4 Å². The maximum atomic E-state index is 12.3. The summed E-state index contributed by atoms with van der Waals surface area (Å²) in [6.45, 7) is 2.79. The van der Waals surface area contributed by atoms with E-state index in [4.69, 9.17) is 18.6 Å². The highest BCUT2D eigenvalue weighted by Gasteiger charge is 2.19. The van der Waals surface area contributed by atoms with E-state index in [2.05, 4.69) is 6.92 Å². The van der Waals surface area contributed by atoms with Crippen LogP contribution in [-0.4, -0.2) is 19.7 Å². The third kappa shape index (κ3) is 5.28. The standard InChI is InChI=1S/C27H28O6/c1-3-4-5-15-31-23-13-9-18(16-25(23)30-2)10-14-26(28)32-19-11-12-21-20-7-6-8-22(20)27(29)33-24(21)17-19/h9-14,16-17H,3-8,15H2,1-2H3. The van der Waals surface area contributed by atoms with Crippen LogP contribution in [0.5, 0.6) is 17.2 Å². The van der Waals surface area contributed by atoms with Crippen LogP contribution >= 0.6 is 0 Å². The quantitative estimate of drug-likeness (QED) is 0.142. The Balaban J connectivity index is 1.43. The van der Waals surface area contributed by atoms with Crippen LogP contribution < -0.4 is 19.8 Å². The molecule has 0 saturated carbocycles. The Hall–Kier alpha value is -3.54. The first kappa shape index (κ1) is 22.6. The Morgan fingerprint density at radius 2 is 1.91 bits per heavy atom. The summed E-state index contributed by atoms with van der Waals surface area (Å²) in [7, 11) is 1.59. The molecule has 1 aliphatic carbocycles. The molecule has 0 N–H and O–H groups in total. The number of benzene rings is 2. The van der Waals surface area contributed by atoms with E-state index < -0.39 is 5.97 Å². The summed E-state index contributed by atoms with van der Waals surface area (Å²) in [6.07, 6.45) is 8.83. The van der Waals surface area contributed by atoms with E-state index >= 15 is 0 Å². The number of ether oxygens (including phenoxy) is 3. The molecule has 1 aliphatic rings. The lowest BCUT2D eigenvalue weighted by atomic mass is 10.1. The van der Waals surface area contributed by atoms with Gasteiger partial charge in [0.1, 0.15) is 11.3 Å². The van der Waals surface area contributed by atoms with Crippen molar-refractivity contribution in [1.29, 1.82) is 0 Å². The summed E-state index contributed by atoms with van der Waals surface area (Å²) in [5.41, 5.74) is 2.73. The SMILES string of the molecule is CCCCCOc1ccc(C=CC(=O)Oc2ccc3c4c(c(=O)oc3c2)CCC4)cc1OC. The molecular weight excluding hydrogens is 420 g/mol. The molecule has 3 aromatic rings. The second-order valence-electron chi connectivity index (χ2n) is 8.08. The molecule has 0 spiro atoms. The van der Waals surface area contributed by atoms with E-state index in [0.29, 0.717) is 29.4 Å². The molecule has 0 saturated heterocycles. The summed E-state index contributed by atoms with van der Waals surface area (Å²) < 4.78 is 22.1. The average molecular weight is 449 g/mol. The first-order valence-corrected chi connectivity index (χ1v) is 11.4. The fourth-order valence-corrected chi connectivity index (χ4v) is 4.08. The summed E-state index contributed by atoms with van der Waals surface area (Å²) in [5, 5.41) is 0.904. The fraction of sp³-hybridized carbons (Fsp3) is 0.333. The highest BCUT2D eigenvalue weighted by molar-refractivity contribution is 5.90. The van der Waals surface area contributed by atoms with Crippen LogP contribution in [0.3, 0.4) is 0 Å². The Labute approximate surface area is 192 Å². The molecule has 172 valence electrons. The van der Waals surface area contributed by atoms with Gasteiger partial charge < -0.3 is 18.6 Å². The number of carbonyl (C=O) groups excluding carboxylic acids is 1. The van der Waals surface area contributed by atoms with Crippen molar-refractivity contribution in [3.8, 4) is 17.2 Å². The number of unbranched alkanes of at least 4 members (excludes halogenated alkanes) is 2. The van der Waals surface area contributed by atoms with Crippen molar-refractivity contribution in [3.63, 3.8) is 0 Å². The lowest BCUT2D eigenvalue weighted by molar-refractivity contribution is -0.128. The van der Waals surface area contributed by atoms with Crippen LogP contribution in [0.15, 0.2) is 51.7 Å². The van der Waals surface area contributed by atoms with Crippen LogP contribution in [0.2, 0.25) is 0 Å².